The number of aryl methyl sites for hydroxylation is 1. The Labute approximate surface area is 274 Å². The number of nitrogens with zero attached hydrogens (tertiary/aromatic N) is 1. The second-order valence-corrected chi connectivity index (χ2v) is 13.3. The maximum atomic E-state index is 14.1. The van der Waals surface area contributed by atoms with E-state index in [9.17, 15) is 18.0 Å². The van der Waals surface area contributed by atoms with E-state index < -0.39 is 16.1 Å². The van der Waals surface area contributed by atoms with Crippen LogP contribution >= 0.6 is 0 Å². The summed E-state index contributed by atoms with van der Waals surface area (Å²) in [7, 11) is -1.98. The van der Waals surface area contributed by atoms with E-state index in [0.29, 0.717) is 29.2 Å². The summed E-state index contributed by atoms with van der Waals surface area (Å²) >= 11 is 0. The molecular weight excluding hydrogens is 618 g/mol. The molecule has 0 saturated heterocycles. The van der Waals surface area contributed by atoms with Crippen molar-refractivity contribution in [3.63, 3.8) is 0 Å². The molecule has 11 heteroatoms. The number of rotatable bonds is 14. The Kier molecular flexibility index (Phi) is 9.74. The average molecular weight is 656 g/mol. The first kappa shape index (κ1) is 32.1. The molecule has 1 atom stereocenters. The molecule has 244 valence electrons. The predicted octanol–water partition coefficient (Wildman–Crippen LogP) is 4.88. The van der Waals surface area contributed by atoms with Crippen LogP contribution in [0.1, 0.15) is 47.6 Å². The molecule has 6 rings (SSSR count). The summed E-state index contributed by atoms with van der Waals surface area (Å²) in [5, 5.41) is 3.03. The molecule has 0 bridgehead atoms. The van der Waals surface area contributed by atoms with E-state index in [1.165, 1.54) is 0 Å². The van der Waals surface area contributed by atoms with Crippen molar-refractivity contribution >= 4 is 21.8 Å². The number of fused-ring (bicyclic) bond motifs is 1. The third-order valence-electron chi connectivity index (χ3n) is 8.17. The van der Waals surface area contributed by atoms with E-state index in [2.05, 4.69) is 10.0 Å². The lowest BCUT2D eigenvalue weighted by Gasteiger charge is -2.32. The summed E-state index contributed by atoms with van der Waals surface area (Å²) in [5.74, 6) is 1.42. The average Bonchev–Trinajstić information content (AvgIpc) is 3.77. The zero-order valence-electron chi connectivity index (χ0n) is 26.1. The molecule has 10 nitrogen and oxygen atoms in total. The zero-order chi connectivity index (χ0) is 32.8. The van der Waals surface area contributed by atoms with E-state index in [1.54, 1.807) is 36.3 Å². The van der Waals surface area contributed by atoms with Crippen molar-refractivity contribution in [2.75, 3.05) is 13.9 Å². The van der Waals surface area contributed by atoms with Gasteiger partial charge in [-0.1, -0.05) is 60.7 Å². The summed E-state index contributed by atoms with van der Waals surface area (Å²) in [6.07, 6.45) is 2.19. The van der Waals surface area contributed by atoms with Crippen LogP contribution in [-0.2, 0) is 39.1 Å². The highest BCUT2D eigenvalue weighted by atomic mass is 32.2. The molecule has 1 aliphatic heterocycles. The number of methoxy groups -OCH3 is 1. The van der Waals surface area contributed by atoms with Crippen molar-refractivity contribution in [2.24, 2.45) is 0 Å². The van der Waals surface area contributed by atoms with E-state index in [1.807, 2.05) is 72.8 Å². The molecule has 4 aromatic carbocycles. The smallest absolute Gasteiger partial charge is 0.247 e. The molecule has 47 heavy (non-hydrogen) atoms. The highest BCUT2D eigenvalue weighted by Gasteiger charge is 2.32. The highest BCUT2D eigenvalue weighted by molar-refractivity contribution is 7.89. The van der Waals surface area contributed by atoms with Gasteiger partial charge < -0.3 is 24.4 Å². The number of nitrogens with one attached hydrogen (secondary N) is 2. The van der Waals surface area contributed by atoms with Crippen LogP contribution in [0.4, 0.5) is 0 Å². The first-order chi connectivity index (χ1) is 22.8. The second-order valence-electron chi connectivity index (χ2n) is 11.6. The molecule has 0 radical (unpaired) electrons. The van der Waals surface area contributed by atoms with Crippen LogP contribution in [-0.4, -0.2) is 45.1 Å². The van der Waals surface area contributed by atoms with E-state index in [-0.39, 0.29) is 49.1 Å². The maximum Gasteiger partial charge on any atom is 0.247 e. The lowest BCUT2D eigenvalue weighted by molar-refractivity contribution is -0.141. The molecule has 2 aliphatic rings. The third kappa shape index (κ3) is 8.11. The van der Waals surface area contributed by atoms with Crippen LogP contribution in [0.2, 0.25) is 0 Å². The Hall–Kier alpha value is -4.87. The van der Waals surface area contributed by atoms with Crippen LogP contribution in [0, 0.1) is 0 Å². The summed E-state index contributed by atoms with van der Waals surface area (Å²) < 4.78 is 44.1. The van der Waals surface area contributed by atoms with Gasteiger partial charge in [-0.25, -0.2) is 13.1 Å². The van der Waals surface area contributed by atoms with Gasteiger partial charge >= 0.3 is 0 Å². The summed E-state index contributed by atoms with van der Waals surface area (Å²) in [4.78, 5) is 29.9. The maximum absolute atomic E-state index is 14.1. The Morgan fingerprint density at radius 2 is 1.55 bits per heavy atom. The Morgan fingerprint density at radius 3 is 2.26 bits per heavy atom. The molecule has 0 aromatic heterocycles. The van der Waals surface area contributed by atoms with Crippen LogP contribution in [0.15, 0.2) is 102 Å². The van der Waals surface area contributed by atoms with Gasteiger partial charge in [0.1, 0.15) is 11.8 Å². The lowest BCUT2D eigenvalue weighted by atomic mass is 10.0. The van der Waals surface area contributed by atoms with E-state index >= 15 is 0 Å². The molecule has 1 heterocycles. The lowest BCUT2D eigenvalue weighted by Crippen LogP contribution is -2.43. The number of hydrogen-bond donors (Lipinski definition) is 2. The minimum Gasteiger partial charge on any atom is -0.497 e. The number of sulfonamides is 1. The van der Waals surface area contributed by atoms with Crippen molar-refractivity contribution in [3.8, 4) is 17.2 Å². The van der Waals surface area contributed by atoms with Gasteiger partial charge in [-0.05, 0) is 77.9 Å². The van der Waals surface area contributed by atoms with Gasteiger partial charge in [-0.2, -0.15) is 0 Å². The molecule has 2 amide bonds. The molecule has 0 unspecified atom stereocenters. The van der Waals surface area contributed by atoms with Crippen molar-refractivity contribution in [1.82, 2.24) is 14.9 Å². The molecule has 1 fully saturated rings. The van der Waals surface area contributed by atoms with E-state index in [0.717, 1.165) is 29.5 Å². The van der Waals surface area contributed by atoms with Gasteiger partial charge in [-0.3, -0.25) is 9.59 Å². The topological polar surface area (TPSA) is 123 Å². The predicted molar refractivity (Wildman–Crippen MR) is 175 cm³/mol. The van der Waals surface area contributed by atoms with E-state index in [4.69, 9.17) is 14.2 Å². The van der Waals surface area contributed by atoms with Gasteiger partial charge in [0.2, 0.25) is 28.6 Å². The summed E-state index contributed by atoms with van der Waals surface area (Å²) in [6.45, 7) is 0.572. The number of amides is 2. The molecule has 2 N–H and O–H groups in total. The summed E-state index contributed by atoms with van der Waals surface area (Å²) in [5.41, 5.74) is 3.16. The fraction of sp³-hybridized carbons (Fsp3) is 0.278. The van der Waals surface area contributed by atoms with Crippen molar-refractivity contribution in [2.45, 2.75) is 55.8 Å². The number of ether oxygens (including phenoxy) is 3. The molecule has 1 aliphatic carbocycles. The van der Waals surface area contributed by atoms with Crippen LogP contribution in [0.5, 0.6) is 17.2 Å². The SMILES string of the molecule is COc1ccc(CN(C(=O)CCc2ccc(S(=O)(=O)NC3CC3)cc2)[C@H](C(=O)NCc2ccc3c(c2)OCO3)c2ccccc2)cc1. The summed E-state index contributed by atoms with van der Waals surface area (Å²) in [6, 6.07) is 27.8. The fourth-order valence-electron chi connectivity index (χ4n) is 5.41. The zero-order valence-corrected chi connectivity index (χ0v) is 26.9. The number of benzene rings is 4. The Balaban J connectivity index is 1.23. The molecule has 4 aromatic rings. The van der Waals surface area contributed by atoms with Crippen LogP contribution < -0.4 is 24.2 Å². The molecular formula is C36H37N3O7S. The van der Waals surface area contributed by atoms with Crippen molar-refractivity contribution < 1.29 is 32.2 Å². The van der Waals surface area contributed by atoms with Gasteiger partial charge in [0.05, 0.1) is 12.0 Å². The van der Waals surface area contributed by atoms with Gasteiger partial charge in [-0.15, -0.1) is 0 Å². The Bertz CT molecular complexity index is 1810. The standard InChI is InChI=1S/C36H37N3O7S/c1-44-30-15-7-26(8-16-30)23-39(34(40)20-12-25-9-17-31(18-10-25)47(42,43)38-29-13-14-29)35(28-5-3-2-4-6-28)36(41)37-22-27-11-19-32-33(21-27)46-24-45-32/h2-11,15-19,21,29,35,38H,12-14,20,22-24H2,1H3,(H,37,41)/t35-/m0/s1. The second kappa shape index (κ2) is 14.3. The van der Waals surface area contributed by atoms with Crippen LogP contribution in [0.3, 0.4) is 0 Å². The molecule has 0 spiro atoms. The van der Waals surface area contributed by atoms with Crippen molar-refractivity contribution in [3.05, 3.63) is 119 Å². The monoisotopic (exact) mass is 655 g/mol. The highest BCUT2D eigenvalue weighted by Crippen LogP contribution is 2.33. The molecule has 1 saturated carbocycles. The minimum atomic E-state index is -3.57. The third-order valence-corrected chi connectivity index (χ3v) is 9.71. The quantitative estimate of drug-likeness (QED) is 0.199. The largest absolute Gasteiger partial charge is 0.497 e. The van der Waals surface area contributed by atoms with Gasteiger partial charge in [0, 0.05) is 25.6 Å². The normalized spacial score (nSPS) is 14.3. The minimum absolute atomic E-state index is 0.0146. The van der Waals surface area contributed by atoms with Crippen LogP contribution in [0.25, 0.3) is 0 Å². The number of carbonyl (C=O) groups excluding carboxylic acids is 2. The van der Waals surface area contributed by atoms with Crippen molar-refractivity contribution in [1.29, 1.82) is 0 Å². The van der Waals surface area contributed by atoms with Gasteiger partial charge in [0.15, 0.2) is 11.5 Å². The number of carbonyl (C=O) groups is 2. The fourth-order valence-corrected chi connectivity index (χ4v) is 6.72. The number of hydrogen-bond acceptors (Lipinski definition) is 7. The first-order valence-electron chi connectivity index (χ1n) is 15.5. The van der Waals surface area contributed by atoms with Gasteiger partial charge in [0.25, 0.3) is 0 Å². The first-order valence-corrected chi connectivity index (χ1v) is 17.0. The Morgan fingerprint density at radius 1 is 0.872 bits per heavy atom.